The van der Waals surface area contributed by atoms with Crippen molar-refractivity contribution in [2.75, 3.05) is 0 Å². The largest absolute Gasteiger partial charge is 0.340 e. The maximum absolute atomic E-state index is 13.2. The minimum absolute atomic E-state index is 0.186. The lowest BCUT2D eigenvalue weighted by Crippen LogP contribution is -2.17. The van der Waals surface area contributed by atoms with Crippen LogP contribution in [0.3, 0.4) is 0 Å². The third kappa shape index (κ3) is 6.00. The van der Waals surface area contributed by atoms with E-state index >= 15 is 0 Å². The van der Waals surface area contributed by atoms with Crippen molar-refractivity contribution < 1.29 is 19.2 Å². The molecular formula is C24H27FN2O3. The van der Waals surface area contributed by atoms with E-state index in [1.165, 1.54) is 12.1 Å². The van der Waals surface area contributed by atoms with E-state index in [1.807, 2.05) is 24.3 Å². The Labute approximate surface area is 175 Å². The van der Waals surface area contributed by atoms with Gasteiger partial charge in [-0.2, -0.15) is 0 Å². The summed E-state index contributed by atoms with van der Waals surface area (Å²) in [6.07, 6.45) is 4.39. The first-order chi connectivity index (χ1) is 14.6. The molecule has 1 amide bonds. The number of amides is 1. The topological polar surface area (TPSA) is 71.3 Å². The first kappa shape index (κ1) is 21.7. The van der Waals surface area contributed by atoms with E-state index in [1.54, 1.807) is 17.6 Å². The van der Waals surface area contributed by atoms with Crippen LogP contribution < -0.4 is 5.48 Å². The molecule has 0 aliphatic rings. The van der Waals surface area contributed by atoms with Crippen LogP contribution in [0.5, 0.6) is 0 Å². The van der Waals surface area contributed by atoms with Crippen LogP contribution in [-0.2, 0) is 22.6 Å². The van der Waals surface area contributed by atoms with Crippen LogP contribution in [0.2, 0.25) is 0 Å². The molecule has 0 radical (unpaired) electrons. The molecule has 1 heterocycles. The average molecular weight is 410 g/mol. The Balaban J connectivity index is 1.60. The highest BCUT2D eigenvalue weighted by atomic mass is 19.1. The zero-order valence-electron chi connectivity index (χ0n) is 16.9. The highest BCUT2D eigenvalue weighted by molar-refractivity contribution is 5.85. The van der Waals surface area contributed by atoms with Crippen LogP contribution in [0.25, 0.3) is 10.9 Å². The van der Waals surface area contributed by atoms with Gasteiger partial charge in [-0.05, 0) is 48.1 Å². The highest BCUT2D eigenvalue weighted by Crippen LogP contribution is 2.22. The molecule has 3 rings (SSSR count). The third-order valence-corrected chi connectivity index (χ3v) is 5.26. The number of rotatable bonds is 11. The van der Waals surface area contributed by atoms with Crippen molar-refractivity contribution in [1.29, 1.82) is 0 Å². The van der Waals surface area contributed by atoms with E-state index in [9.17, 15) is 14.0 Å². The number of ketones is 1. The van der Waals surface area contributed by atoms with E-state index < -0.39 is 0 Å². The number of halogens is 1. The fourth-order valence-corrected chi connectivity index (χ4v) is 3.68. The number of unbranched alkanes of at least 4 members (excludes halogenated alkanes) is 3. The van der Waals surface area contributed by atoms with Gasteiger partial charge in [0.25, 0.3) is 0 Å². The lowest BCUT2D eigenvalue weighted by atomic mass is 10.1. The van der Waals surface area contributed by atoms with Gasteiger partial charge in [0.2, 0.25) is 5.91 Å². The number of carbonyl (C=O) groups excluding carboxylic acids is 2. The van der Waals surface area contributed by atoms with Crippen LogP contribution in [0.15, 0.2) is 54.6 Å². The molecule has 2 N–H and O–H groups in total. The van der Waals surface area contributed by atoms with Gasteiger partial charge in [0, 0.05) is 37.0 Å². The summed E-state index contributed by atoms with van der Waals surface area (Å²) >= 11 is 0. The summed E-state index contributed by atoms with van der Waals surface area (Å²) in [6, 6.07) is 16.5. The number of carbonyl (C=O) groups is 2. The lowest BCUT2D eigenvalue weighted by molar-refractivity contribution is -0.129. The normalized spacial score (nSPS) is 11.0. The lowest BCUT2D eigenvalue weighted by Gasteiger charge is -2.11. The summed E-state index contributed by atoms with van der Waals surface area (Å²) in [5.41, 5.74) is 4.63. The second-order valence-electron chi connectivity index (χ2n) is 7.57. The second-order valence-corrected chi connectivity index (χ2v) is 7.57. The Morgan fingerprint density at radius 3 is 2.37 bits per heavy atom. The molecule has 158 valence electrons. The molecule has 0 fully saturated rings. The maximum Gasteiger partial charge on any atom is 0.243 e. The predicted molar refractivity (Wildman–Crippen MR) is 114 cm³/mol. The quantitative estimate of drug-likeness (QED) is 0.271. The average Bonchev–Trinajstić information content (AvgIpc) is 3.08. The first-order valence-electron chi connectivity index (χ1n) is 10.3. The molecule has 0 spiro atoms. The Morgan fingerprint density at radius 1 is 0.933 bits per heavy atom. The molecular weight excluding hydrogens is 383 g/mol. The number of para-hydroxylation sites is 1. The monoisotopic (exact) mass is 410 g/mol. The maximum atomic E-state index is 13.2. The number of fused-ring (bicyclic) bond motifs is 1. The molecule has 2 aromatic carbocycles. The van der Waals surface area contributed by atoms with Gasteiger partial charge in [-0.1, -0.05) is 43.2 Å². The molecule has 0 bridgehead atoms. The molecule has 5 nitrogen and oxygen atoms in total. The Bertz CT molecular complexity index is 995. The fourth-order valence-electron chi connectivity index (χ4n) is 3.68. The zero-order valence-corrected chi connectivity index (χ0v) is 16.9. The SMILES string of the molecule is O=C(CCCCCCC(=O)NO)Cc1cc2ccccc2n1Cc1ccc(F)cc1. The second kappa shape index (κ2) is 10.7. The summed E-state index contributed by atoms with van der Waals surface area (Å²) in [5, 5.41) is 9.56. The minimum Gasteiger partial charge on any atom is -0.340 e. The molecule has 0 aliphatic carbocycles. The summed E-state index contributed by atoms with van der Waals surface area (Å²) in [6.45, 7) is 0.587. The van der Waals surface area contributed by atoms with Gasteiger partial charge in [-0.3, -0.25) is 14.8 Å². The van der Waals surface area contributed by atoms with Crippen molar-refractivity contribution in [2.45, 2.75) is 51.5 Å². The molecule has 6 heteroatoms. The first-order valence-corrected chi connectivity index (χ1v) is 10.3. The number of hydrogen-bond donors (Lipinski definition) is 2. The number of benzene rings is 2. The zero-order chi connectivity index (χ0) is 21.3. The van der Waals surface area contributed by atoms with Crippen molar-refractivity contribution in [2.24, 2.45) is 0 Å². The summed E-state index contributed by atoms with van der Waals surface area (Å²) in [5.74, 6) is -0.449. The van der Waals surface area contributed by atoms with Crippen molar-refractivity contribution >= 4 is 22.6 Å². The van der Waals surface area contributed by atoms with Crippen molar-refractivity contribution in [3.05, 3.63) is 71.7 Å². The fraction of sp³-hybridized carbons (Fsp3) is 0.333. The summed E-state index contributed by atoms with van der Waals surface area (Å²) in [4.78, 5) is 23.5. The van der Waals surface area contributed by atoms with Gasteiger partial charge in [0.05, 0.1) is 0 Å². The van der Waals surface area contributed by atoms with Crippen molar-refractivity contribution in [1.82, 2.24) is 10.0 Å². The molecule has 1 aromatic heterocycles. The van der Waals surface area contributed by atoms with Crippen LogP contribution in [0.1, 0.15) is 49.8 Å². The van der Waals surface area contributed by atoms with E-state index in [2.05, 4.69) is 10.6 Å². The number of nitrogens with zero attached hydrogens (tertiary/aromatic N) is 1. The van der Waals surface area contributed by atoms with Crippen LogP contribution >= 0.6 is 0 Å². The number of hydroxylamine groups is 1. The highest BCUT2D eigenvalue weighted by Gasteiger charge is 2.13. The van der Waals surface area contributed by atoms with Crippen LogP contribution in [0.4, 0.5) is 4.39 Å². The standard InChI is InChI=1S/C24H27FN2O3/c25-20-13-11-18(12-14-20)17-27-21(15-19-7-5-6-9-23(19)27)16-22(28)8-3-1-2-4-10-24(29)26-30/h5-7,9,11-15,30H,1-4,8,10,16-17H2,(H,26,29). The Morgan fingerprint density at radius 2 is 1.63 bits per heavy atom. The third-order valence-electron chi connectivity index (χ3n) is 5.26. The molecule has 30 heavy (non-hydrogen) atoms. The molecule has 0 saturated carbocycles. The molecule has 0 aliphatic heterocycles. The smallest absolute Gasteiger partial charge is 0.243 e. The van der Waals surface area contributed by atoms with Crippen LogP contribution in [0, 0.1) is 5.82 Å². The predicted octanol–water partition coefficient (Wildman–Crippen LogP) is 4.79. The van der Waals surface area contributed by atoms with Gasteiger partial charge >= 0.3 is 0 Å². The number of hydrogen-bond acceptors (Lipinski definition) is 3. The van der Waals surface area contributed by atoms with Gasteiger partial charge in [0.1, 0.15) is 11.6 Å². The Hall–Kier alpha value is -2.99. The summed E-state index contributed by atoms with van der Waals surface area (Å²) in [7, 11) is 0. The molecule has 0 atom stereocenters. The van der Waals surface area contributed by atoms with Crippen molar-refractivity contribution in [3.8, 4) is 0 Å². The van der Waals surface area contributed by atoms with Gasteiger partial charge in [0.15, 0.2) is 0 Å². The van der Waals surface area contributed by atoms with E-state index in [4.69, 9.17) is 5.21 Å². The van der Waals surface area contributed by atoms with E-state index in [-0.39, 0.29) is 17.5 Å². The van der Waals surface area contributed by atoms with Crippen LogP contribution in [-0.4, -0.2) is 21.5 Å². The van der Waals surface area contributed by atoms with Gasteiger partial charge < -0.3 is 4.57 Å². The van der Waals surface area contributed by atoms with E-state index in [0.29, 0.717) is 32.2 Å². The molecule has 0 saturated heterocycles. The Kier molecular flexibility index (Phi) is 7.74. The number of nitrogens with one attached hydrogen (secondary N) is 1. The molecule has 0 unspecified atom stereocenters. The van der Waals surface area contributed by atoms with Gasteiger partial charge in [-0.15, -0.1) is 0 Å². The van der Waals surface area contributed by atoms with Gasteiger partial charge in [-0.25, -0.2) is 9.87 Å². The van der Waals surface area contributed by atoms with Crippen molar-refractivity contribution in [3.63, 3.8) is 0 Å². The number of Topliss-reactive ketones (excluding diaryl/α,β-unsaturated/α-hetero) is 1. The number of aromatic nitrogens is 1. The summed E-state index contributed by atoms with van der Waals surface area (Å²) < 4.78 is 15.4. The molecule has 3 aromatic rings. The van der Waals surface area contributed by atoms with E-state index in [0.717, 1.165) is 41.4 Å². The minimum atomic E-state index is -0.375.